The van der Waals surface area contributed by atoms with Gasteiger partial charge in [0.15, 0.2) is 0 Å². The first-order valence-corrected chi connectivity index (χ1v) is 7.76. The Hall–Kier alpha value is 0.310. The molecule has 0 amide bonds. The molecule has 16 heavy (non-hydrogen) atoms. The van der Waals surface area contributed by atoms with Gasteiger partial charge in [0.1, 0.15) is 0 Å². The third kappa shape index (κ3) is 5.09. The van der Waals surface area contributed by atoms with Crippen molar-refractivity contribution < 1.29 is 0 Å². The van der Waals surface area contributed by atoms with E-state index in [4.69, 9.17) is 0 Å². The fourth-order valence-electron chi connectivity index (χ4n) is 2.79. The van der Waals surface area contributed by atoms with Gasteiger partial charge in [0.2, 0.25) is 0 Å². The predicted octanol–water partition coefficient (Wildman–Crippen LogP) is 3.84. The van der Waals surface area contributed by atoms with Gasteiger partial charge in [-0.1, -0.05) is 33.1 Å². The molecule has 0 bridgehead atoms. The van der Waals surface area contributed by atoms with Gasteiger partial charge in [0.25, 0.3) is 0 Å². The van der Waals surface area contributed by atoms with Gasteiger partial charge >= 0.3 is 0 Å². The molecule has 1 heterocycles. The zero-order chi connectivity index (χ0) is 11.8. The highest BCUT2D eigenvalue weighted by Crippen LogP contribution is 2.22. The van der Waals surface area contributed by atoms with E-state index in [1.165, 1.54) is 58.2 Å². The molecule has 0 aliphatic carbocycles. The van der Waals surface area contributed by atoms with Crippen LogP contribution in [0.5, 0.6) is 0 Å². The summed E-state index contributed by atoms with van der Waals surface area (Å²) in [5, 5.41) is 0. The molecule has 0 saturated carbocycles. The predicted molar refractivity (Wildman–Crippen MR) is 76.3 cm³/mol. The molecule has 96 valence electrons. The summed E-state index contributed by atoms with van der Waals surface area (Å²) < 4.78 is 0. The van der Waals surface area contributed by atoms with E-state index >= 15 is 0 Å². The monoisotopic (exact) mass is 243 g/mol. The summed E-state index contributed by atoms with van der Waals surface area (Å²) in [5.41, 5.74) is 0. The second-order valence-corrected chi connectivity index (χ2v) is 5.71. The van der Waals surface area contributed by atoms with E-state index < -0.39 is 0 Å². The number of hydrogen-bond donors (Lipinski definition) is 1. The molecule has 0 spiro atoms. The van der Waals surface area contributed by atoms with Crippen molar-refractivity contribution >= 4 is 12.6 Å². The van der Waals surface area contributed by atoms with Crippen molar-refractivity contribution in [1.29, 1.82) is 0 Å². The van der Waals surface area contributed by atoms with Crippen LogP contribution in [-0.4, -0.2) is 30.3 Å². The Morgan fingerprint density at radius 1 is 1.25 bits per heavy atom. The lowest BCUT2D eigenvalue weighted by atomic mass is 9.96. The highest BCUT2D eigenvalue weighted by Gasteiger charge is 2.18. The Balaban J connectivity index is 2.29. The van der Waals surface area contributed by atoms with E-state index in [1.807, 2.05) is 0 Å². The van der Waals surface area contributed by atoms with Gasteiger partial charge in [-0.25, -0.2) is 0 Å². The summed E-state index contributed by atoms with van der Waals surface area (Å²) >= 11 is 4.45. The van der Waals surface area contributed by atoms with Gasteiger partial charge in [-0.15, -0.1) is 0 Å². The summed E-state index contributed by atoms with van der Waals surface area (Å²) in [5.74, 6) is 2.85. The molecule has 0 N–H and O–H groups in total. The molecule has 0 radical (unpaired) electrons. The normalized spacial score (nSPS) is 25.3. The van der Waals surface area contributed by atoms with Crippen molar-refractivity contribution in [2.24, 2.45) is 11.8 Å². The van der Waals surface area contributed by atoms with Crippen LogP contribution in [0.4, 0.5) is 0 Å². The smallest absolute Gasteiger partial charge is 0.00174 e. The van der Waals surface area contributed by atoms with Crippen molar-refractivity contribution in [3.63, 3.8) is 0 Å². The second-order valence-electron chi connectivity index (χ2n) is 5.34. The average Bonchev–Trinajstić information content (AvgIpc) is 2.52. The van der Waals surface area contributed by atoms with Crippen LogP contribution in [0.3, 0.4) is 0 Å². The molecular weight excluding hydrogens is 214 g/mol. The van der Waals surface area contributed by atoms with Gasteiger partial charge in [-0.05, 0) is 49.9 Å². The SMILES string of the molecule is CCCC1CCCN(CC(CC)CS)CC1. The van der Waals surface area contributed by atoms with Crippen LogP contribution < -0.4 is 0 Å². The first-order chi connectivity index (χ1) is 7.80. The van der Waals surface area contributed by atoms with Crippen LogP contribution in [0.15, 0.2) is 0 Å². The van der Waals surface area contributed by atoms with Crippen LogP contribution in [0.25, 0.3) is 0 Å². The topological polar surface area (TPSA) is 3.24 Å². The number of nitrogens with zero attached hydrogens (tertiary/aromatic N) is 1. The van der Waals surface area contributed by atoms with Gasteiger partial charge in [-0.2, -0.15) is 12.6 Å². The molecule has 1 rings (SSSR count). The van der Waals surface area contributed by atoms with Crippen molar-refractivity contribution in [3.8, 4) is 0 Å². The molecule has 0 aromatic carbocycles. The molecule has 1 fully saturated rings. The lowest BCUT2D eigenvalue weighted by Crippen LogP contribution is -2.31. The van der Waals surface area contributed by atoms with E-state index in [0.29, 0.717) is 0 Å². The first kappa shape index (κ1) is 14.4. The zero-order valence-corrected chi connectivity index (χ0v) is 12.0. The molecule has 2 heteroatoms. The van der Waals surface area contributed by atoms with E-state index in [1.54, 1.807) is 0 Å². The molecule has 1 nitrogen and oxygen atoms in total. The zero-order valence-electron chi connectivity index (χ0n) is 11.1. The van der Waals surface area contributed by atoms with E-state index in [-0.39, 0.29) is 0 Å². The average molecular weight is 243 g/mol. The van der Waals surface area contributed by atoms with E-state index in [2.05, 4.69) is 31.4 Å². The Labute approximate surface area is 107 Å². The summed E-state index contributed by atoms with van der Waals surface area (Å²) in [6.07, 6.45) is 8.38. The molecule has 2 unspecified atom stereocenters. The van der Waals surface area contributed by atoms with Gasteiger partial charge in [0, 0.05) is 6.54 Å². The molecule has 1 aliphatic heterocycles. The minimum Gasteiger partial charge on any atom is -0.303 e. The lowest BCUT2D eigenvalue weighted by Gasteiger charge is -2.24. The Bertz CT molecular complexity index is 168. The van der Waals surface area contributed by atoms with Crippen LogP contribution in [-0.2, 0) is 0 Å². The summed E-state index contributed by atoms with van der Waals surface area (Å²) in [4.78, 5) is 2.68. The second kappa shape index (κ2) is 8.41. The fraction of sp³-hybridized carbons (Fsp3) is 1.00. The Morgan fingerprint density at radius 3 is 2.69 bits per heavy atom. The minimum absolute atomic E-state index is 0.797. The van der Waals surface area contributed by atoms with Crippen molar-refractivity contribution in [3.05, 3.63) is 0 Å². The number of thiol groups is 1. The number of hydrogen-bond acceptors (Lipinski definition) is 2. The molecule has 2 atom stereocenters. The first-order valence-electron chi connectivity index (χ1n) is 7.13. The van der Waals surface area contributed by atoms with Gasteiger partial charge < -0.3 is 4.90 Å². The fourth-order valence-corrected chi connectivity index (χ4v) is 3.16. The van der Waals surface area contributed by atoms with Crippen LogP contribution in [0.2, 0.25) is 0 Å². The quantitative estimate of drug-likeness (QED) is 0.694. The maximum atomic E-state index is 4.45. The Morgan fingerprint density at radius 2 is 2.06 bits per heavy atom. The molecular formula is C14H29NS. The third-order valence-electron chi connectivity index (χ3n) is 3.99. The van der Waals surface area contributed by atoms with E-state index in [0.717, 1.165) is 17.6 Å². The van der Waals surface area contributed by atoms with Gasteiger partial charge in [-0.3, -0.25) is 0 Å². The van der Waals surface area contributed by atoms with Crippen LogP contribution in [0, 0.1) is 11.8 Å². The summed E-state index contributed by atoms with van der Waals surface area (Å²) in [6.45, 7) is 8.54. The van der Waals surface area contributed by atoms with Crippen molar-refractivity contribution in [2.75, 3.05) is 25.4 Å². The maximum absolute atomic E-state index is 4.45. The van der Waals surface area contributed by atoms with Gasteiger partial charge in [0.05, 0.1) is 0 Å². The number of likely N-dealkylation sites (tertiary alicyclic amines) is 1. The molecule has 1 saturated heterocycles. The largest absolute Gasteiger partial charge is 0.303 e. The van der Waals surface area contributed by atoms with Crippen molar-refractivity contribution in [1.82, 2.24) is 4.90 Å². The highest BCUT2D eigenvalue weighted by atomic mass is 32.1. The maximum Gasteiger partial charge on any atom is 0.00174 e. The highest BCUT2D eigenvalue weighted by molar-refractivity contribution is 7.80. The minimum atomic E-state index is 0.797. The van der Waals surface area contributed by atoms with Crippen LogP contribution in [0.1, 0.15) is 52.4 Å². The van der Waals surface area contributed by atoms with Crippen LogP contribution >= 0.6 is 12.6 Å². The van der Waals surface area contributed by atoms with E-state index in [9.17, 15) is 0 Å². The lowest BCUT2D eigenvalue weighted by molar-refractivity contribution is 0.241. The molecule has 0 aromatic heterocycles. The standard InChI is InChI=1S/C14H29NS/c1-3-6-14-7-5-9-15(10-8-14)11-13(4-2)12-16/h13-14,16H,3-12H2,1-2H3. The number of rotatable bonds is 6. The summed E-state index contributed by atoms with van der Waals surface area (Å²) in [7, 11) is 0. The molecule has 0 aromatic rings. The molecule has 1 aliphatic rings. The third-order valence-corrected chi connectivity index (χ3v) is 4.51. The van der Waals surface area contributed by atoms with Crippen molar-refractivity contribution in [2.45, 2.75) is 52.4 Å². The Kier molecular flexibility index (Phi) is 7.55. The summed E-state index contributed by atoms with van der Waals surface area (Å²) in [6, 6.07) is 0.